The highest BCUT2D eigenvalue weighted by Crippen LogP contribution is 2.33. The maximum atomic E-state index is 12.6. The van der Waals surface area contributed by atoms with Gasteiger partial charge >= 0.3 is 6.03 Å². The van der Waals surface area contributed by atoms with E-state index in [1.165, 1.54) is 0 Å². The number of hydrogen-bond donors (Lipinski definition) is 2. The van der Waals surface area contributed by atoms with E-state index in [1.807, 2.05) is 18.7 Å². The van der Waals surface area contributed by atoms with Crippen molar-refractivity contribution in [3.8, 4) is 0 Å². The molecule has 0 bridgehead atoms. The lowest BCUT2D eigenvalue weighted by Gasteiger charge is -2.31. The molecule has 0 spiro atoms. The van der Waals surface area contributed by atoms with Crippen LogP contribution in [0.1, 0.15) is 52.4 Å². The zero-order chi connectivity index (χ0) is 17.1. The van der Waals surface area contributed by atoms with Gasteiger partial charge in [-0.25, -0.2) is 4.79 Å². The summed E-state index contributed by atoms with van der Waals surface area (Å²) in [7, 11) is 0. The first kappa shape index (κ1) is 17.3. The number of fused-ring (bicyclic) bond motifs is 1. The maximum Gasteiger partial charge on any atom is 0.317 e. The SMILES string of the molecule is CC(C)NC(=O)[C@@H]1CCC[C@@H](NC(=O)N2C[C@H]3CC=CC[C@H]3C2)C1. The highest BCUT2D eigenvalue weighted by atomic mass is 16.2. The summed E-state index contributed by atoms with van der Waals surface area (Å²) >= 11 is 0. The Labute approximate surface area is 145 Å². The van der Waals surface area contributed by atoms with E-state index in [4.69, 9.17) is 0 Å². The molecule has 5 heteroatoms. The quantitative estimate of drug-likeness (QED) is 0.780. The van der Waals surface area contributed by atoms with Crippen LogP contribution >= 0.6 is 0 Å². The Bertz CT molecular complexity index is 487. The standard InChI is InChI=1S/C19H31N3O2/c1-13(2)20-18(23)14-8-5-9-17(10-14)21-19(24)22-11-15-6-3-4-7-16(15)12-22/h3-4,13-17H,5-12H2,1-2H3,(H,20,23)(H,21,24)/t14-,15-,16+,17-/m1/s1. The molecule has 1 saturated heterocycles. The van der Waals surface area contributed by atoms with Gasteiger partial charge in [-0.1, -0.05) is 18.6 Å². The molecule has 3 amide bonds. The van der Waals surface area contributed by atoms with Crippen LogP contribution in [0.2, 0.25) is 0 Å². The van der Waals surface area contributed by atoms with Gasteiger partial charge in [0.2, 0.25) is 5.91 Å². The molecule has 2 N–H and O–H groups in total. The van der Waals surface area contributed by atoms with Gasteiger partial charge in [-0.3, -0.25) is 4.79 Å². The number of amides is 3. The van der Waals surface area contributed by atoms with Gasteiger partial charge < -0.3 is 15.5 Å². The molecule has 4 atom stereocenters. The van der Waals surface area contributed by atoms with Crippen LogP contribution in [0.3, 0.4) is 0 Å². The van der Waals surface area contributed by atoms with Crippen LogP contribution in [0.15, 0.2) is 12.2 Å². The number of urea groups is 1. The minimum absolute atomic E-state index is 0.0387. The molecule has 1 aliphatic heterocycles. The second-order valence-electron chi connectivity index (χ2n) is 8.04. The first-order valence-electron chi connectivity index (χ1n) is 9.53. The zero-order valence-corrected chi connectivity index (χ0v) is 15.0. The van der Waals surface area contributed by atoms with E-state index in [9.17, 15) is 9.59 Å². The van der Waals surface area contributed by atoms with E-state index in [1.54, 1.807) is 0 Å². The molecule has 3 aliphatic rings. The average Bonchev–Trinajstić information content (AvgIpc) is 2.98. The summed E-state index contributed by atoms with van der Waals surface area (Å²) in [5, 5.41) is 6.20. The molecule has 24 heavy (non-hydrogen) atoms. The number of carbonyl (C=O) groups is 2. The molecule has 1 saturated carbocycles. The largest absolute Gasteiger partial charge is 0.354 e. The third kappa shape index (κ3) is 4.11. The minimum Gasteiger partial charge on any atom is -0.354 e. The molecule has 0 aromatic heterocycles. The molecule has 0 radical (unpaired) electrons. The first-order valence-corrected chi connectivity index (χ1v) is 9.53. The van der Waals surface area contributed by atoms with Crippen molar-refractivity contribution in [3.63, 3.8) is 0 Å². The van der Waals surface area contributed by atoms with Gasteiger partial charge in [0.05, 0.1) is 0 Å². The van der Waals surface area contributed by atoms with Crippen molar-refractivity contribution in [3.05, 3.63) is 12.2 Å². The summed E-state index contributed by atoms with van der Waals surface area (Å²) in [6.07, 6.45) is 10.4. The smallest absolute Gasteiger partial charge is 0.317 e. The van der Waals surface area contributed by atoms with Crippen molar-refractivity contribution >= 4 is 11.9 Å². The van der Waals surface area contributed by atoms with Crippen molar-refractivity contribution < 1.29 is 9.59 Å². The highest BCUT2D eigenvalue weighted by molar-refractivity contribution is 5.79. The number of carbonyl (C=O) groups excluding carboxylic acids is 2. The van der Waals surface area contributed by atoms with Crippen molar-refractivity contribution in [2.45, 2.75) is 64.5 Å². The molecular formula is C19H31N3O2. The Kier molecular flexibility index (Phi) is 5.47. The molecule has 0 unspecified atom stereocenters. The Balaban J connectivity index is 1.48. The van der Waals surface area contributed by atoms with Gasteiger partial charge in [0.25, 0.3) is 0 Å². The minimum atomic E-state index is 0.0387. The summed E-state index contributed by atoms with van der Waals surface area (Å²) in [6.45, 7) is 5.74. The summed E-state index contributed by atoms with van der Waals surface area (Å²) in [5.74, 6) is 1.45. The van der Waals surface area contributed by atoms with Gasteiger partial charge in [-0.05, 0) is 57.8 Å². The van der Waals surface area contributed by atoms with Gasteiger partial charge in [0, 0.05) is 31.1 Å². The molecule has 3 rings (SSSR count). The number of nitrogens with zero attached hydrogens (tertiary/aromatic N) is 1. The fourth-order valence-corrected chi connectivity index (χ4v) is 4.41. The van der Waals surface area contributed by atoms with Crippen molar-refractivity contribution in [1.29, 1.82) is 0 Å². The zero-order valence-electron chi connectivity index (χ0n) is 15.0. The summed E-state index contributed by atoms with van der Waals surface area (Å²) in [4.78, 5) is 26.8. The third-order valence-electron chi connectivity index (χ3n) is 5.71. The Morgan fingerprint density at radius 2 is 1.75 bits per heavy atom. The van der Waals surface area contributed by atoms with E-state index in [0.29, 0.717) is 11.8 Å². The molecule has 0 aromatic rings. The maximum absolute atomic E-state index is 12.6. The number of nitrogens with one attached hydrogen (secondary N) is 2. The summed E-state index contributed by atoms with van der Waals surface area (Å²) in [5.41, 5.74) is 0. The second-order valence-corrected chi connectivity index (χ2v) is 8.04. The topological polar surface area (TPSA) is 61.4 Å². The van der Waals surface area contributed by atoms with Gasteiger partial charge in [-0.15, -0.1) is 0 Å². The van der Waals surface area contributed by atoms with Crippen LogP contribution in [-0.4, -0.2) is 42.0 Å². The van der Waals surface area contributed by atoms with Crippen molar-refractivity contribution in [2.24, 2.45) is 17.8 Å². The fourth-order valence-electron chi connectivity index (χ4n) is 4.41. The lowest BCUT2D eigenvalue weighted by molar-refractivity contribution is -0.126. The van der Waals surface area contributed by atoms with E-state index < -0.39 is 0 Å². The van der Waals surface area contributed by atoms with Crippen LogP contribution in [0, 0.1) is 17.8 Å². The van der Waals surface area contributed by atoms with Crippen LogP contribution in [0.4, 0.5) is 4.79 Å². The number of likely N-dealkylation sites (tertiary alicyclic amines) is 1. The van der Waals surface area contributed by atoms with Crippen LogP contribution in [-0.2, 0) is 4.79 Å². The second kappa shape index (κ2) is 7.58. The molecule has 0 aromatic carbocycles. The normalized spacial score (nSPS) is 32.5. The van der Waals surface area contributed by atoms with E-state index >= 15 is 0 Å². The first-order chi connectivity index (χ1) is 11.5. The van der Waals surface area contributed by atoms with Gasteiger partial charge in [-0.2, -0.15) is 0 Å². The fraction of sp³-hybridized carbons (Fsp3) is 0.789. The molecule has 2 aliphatic carbocycles. The summed E-state index contributed by atoms with van der Waals surface area (Å²) < 4.78 is 0. The Morgan fingerprint density at radius 3 is 2.38 bits per heavy atom. The number of hydrogen-bond acceptors (Lipinski definition) is 2. The van der Waals surface area contributed by atoms with Gasteiger partial charge in [0.15, 0.2) is 0 Å². The number of allylic oxidation sites excluding steroid dienone is 2. The van der Waals surface area contributed by atoms with Crippen LogP contribution in [0.25, 0.3) is 0 Å². The lowest BCUT2D eigenvalue weighted by atomic mass is 9.85. The molecule has 1 heterocycles. The molecule has 2 fully saturated rings. The average molecular weight is 333 g/mol. The molecule has 5 nitrogen and oxygen atoms in total. The monoisotopic (exact) mass is 333 g/mol. The lowest BCUT2D eigenvalue weighted by Crippen LogP contribution is -2.47. The predicted octanol–water partition coefficient (Wildman–Crippen LogP) is 2.68. The van der Waals surface area contributed by atoms with E-state index in [0.717, 1.165) is 51.6 Å². The summed E-state index contributed by atoms with van der Waals surface area (Å²) in [6, 6.07) is 0.378. The van der Waals surface area contributed by atoms with E-state index in [2.05, 4.69) is 22.8 Å². The van der Waals surface area contributed by atoms with Crippen LogP contribution < -0.4 is 10.6 Å². The Hall–Kier alpha value is -1.52. The highest BCUT2D eigenvalue weighted by Gasteiger charge is 2.36. The third-order valence-corrected chi connectivity index (χ3v) is 5.71. The van der Waals surface area contributed by atoms with Crippen molar-refractivity contribution in [1.82, 2.24) is 15.5 Å². The molecule has 134 valence electrons. The molecular weight excluding hydrogens is 302 g/mol. The van der Waals surface area contributed by atoms with E-state index in [-0.39, 0.29) is 29.9 Å². The van der Waals surface area contributed by atoms with Crippen LogP contribution in [0.5, 0.6) is 0 Å². The Morgan fingerprint density at radius 1 is 1.08 bits per heavy atom. The predicted molar refractivity (Wildman–Crippen MR) is 94.5 cm³/mol. The number of rotatable bonds is 3. The van der Waals surface area contributed by atoms with Crippen molar-refractivity contribution in [2.75, 3.05) is 13.1 Å². The van der Waals surface area contributed by atoms with Gasteiger partial charge in [0.1, 0.15) is 0 Å².